The van der Waals surface area contributed by atoms with Crippen molar-refractivity contribution in [2.45, 2.75) is 12.6 Å². The first kappa shape index (κ1) is 15.8. The van der Waals surface area contributed by atoms with Crippen molar-refractivity contribution >= 4 is 11.6 Å². The van der Waals surface area contributed by atoms with E-state index in [-0.39, 0.29) is 24.2 Å². The van der Waals surface area contributed by atoms with Gasteiger partial charge in [0.2, 0.25) is 0 Å². The summed E-state index contributed by atoms with van der Waals surface area (Å²) in [5.74, 6) is -0.560. The van der Waals surface area contributed by atoms with Crippen molar-refractivity contribution in [1.82, 2.24) is 4.90 Å². The lowest BCUT2D eigenvalue weighted by atomic mass is 10.1. The number of anilines is 1. The van der Waals surface area contributed by atoms with Crippen molar-refractivity contribution in [2.75, 3.05) is 26.0 Å². The molecule has 0 aliphatic rings. The van der Waals surface area contributed by atoms with Gasteiger partial charge in [-0.15, -0.1) is 0 Å². The molecule has 1 N–H and O–H groups in total. The molecule has 0 saturated heterocycles. The number of nitrogens with zero attached hydrogens (tertiary/aromatic N) is 2. The number of rotatable bonds is 4. The summed E-state index contributed by atoms with van der Waals surface area (Å²) in [6.07, 6.45) is -4.42. The Kier molecular flexibility index (Phi) is 4.97. The van der Waals surface area contributed by atoms with Gasteiger partial charge in [-0.2, -0.15) is 18.4 Å². The Morgan fingerprint density at radius 2 is 2.10 bits per heavy atom. The van der Waals surface area contributed by atoms with E-state index in [9.17, 15) is 18.0 Å². The third-order valence-electron chi connectivity index (χ3n) is 2.76. The number of carbonyl (C=O) groups is 1. The minimum absolute atomic E-state index is 0.0669. The molecule has 4 nitrogen and oxygen atoms in total. The lowest BCUT2D eigenvalue weighted by molar-refractivity contribution is -0.136. The van der Waals surface area contributed by atoms with Crippen molar-refractivity contribution in [1.29, 1.82) is 5.26 Å². The van der Waals surface area contributed by atoms with E-state index >= 15 is 0 Å². The molecule has 0 aromatic heterocycles. The first-order chi connectivity index (χ1) is 9.32. The molecule has 0 atom stereocenters. The van der Waals surface area contributed by atoms with Crippen LogP contribution in [0, 0.1) is 11.3 Å². The van der Waals surface area contributed by atoms with Crippen LogP contribution in [0.3, 0.4) is 0 Å². The van der Waals surface area contributed by atoms with Gasteiger partial charge in [-0.1, -0.05) is 6.07 Å². The van der Waals surface area contributed by atoms with Crippen LogP contribution < -0.4 is 5.32 Å². The Hall–Kier alpha value is -2.23. The molecule has 0 aliphatic heterocycles. The summed E-state index contributed by atoms with van der Waals surface area (Å²) >= 11 is 0. The van der Waals surface area contributed by atoms with Gasteiger partial charge in [0.15, 0.2) is 0 Å². The van der Waals surface area contributed by atoms with E-state index in [0.29, 0.717) is 0 Å². The summed E-state index contributed by atoms with van der Waals surface area (Å²) in [5.41, 5.74) is -1.21. The predicted octanol–water partition coefficient (Wildman–Crippen LogP) is 2.73. The molecule has 0 bridgehead atoms. The molecule has 0 fully saturated rings. The zero-order valence-electron chi connectivity index (χ0n) is 11.1. The summed E-state index contributed by atoms with van der Waals surface area (Å²) in [5, 5.41) is 10.9. The van der Waals surface area contributed by atoms with E-state index in [2.05, 4.69) is 5.32 Å². The third-order valence-corrected chi connectivity index (χ3v) is 2.76. The number of amides is 1. The molecule has 108 valence electrons. The molecule has 1 aromatic carbocycles. The molecular weight excluding hydrogens is 271 g/mol. The fraction of sp³-hybridized carbons (Fsp3) is 0.385. The van der Waals surface area contributed by atoms with Crippen LogP contribution in [0.2, 0.25) is 0 Å². The van der Waals surface area contributed by atoms with Crippen molar-refractivity contribution in [3.63, 3.8) is 0 Å². The number of halogens is 3. The fourth-order valence-electron chi connectivity index (χ4n) is 1.76. The monoisotopic (exact) mass is 285 g/mol. The molecule has 0 heterocycles. The molecule has 1 aromatic rings. The van der Waals surface area contributed by atoms with Crippen molar-refractivity contribution in [2.24, 2.45) is 0 Å². The van der Waals surface area contributed by atoms with Gasteiger partial charge in [0.05, 0.1) is 29.3 Å². The highest BCUT2D eigenvalue weighted by Gasteiger charge is 2.35. The lowest BCUT2D eigenvalue weighted by Crippen LogP contribution is -2.28. The zero-order valence-corrected chi connectivity index (χ0v) is 11.1. The van der Waals surface area contributed by atoms with Gasteiger partial charge < -0.3 is 10.2 Å². The maximum absolute atomic E-state index is 12.9. The second-order valence-electron chi connectivity index (χ2n) is 4.11. The first-order valence-corrected chi connectivity index (χ1v) is 5.83. The van der Waals surface area contributed by atoms with E-state index < -0.39 is 17.6 Å². The maximum Gasteiger partial charge on any atom is 0.418 e. The second kappa shape index (κ2) is 6.28. The van der Waals surface area contributed by atoms with Crippen molar-refractivity contribution in [3.8, 4) is 6.07 Å². The van der Waals surface area contributed by atoms with Crippen molar-refractivity contribution < 1.29 is 18.0 Å². The highest BCUT2D eigenvalue weighted by molar-refractivity contribution is 6.00. The molecule has 7 heteroatoms. The van der Waals surface area contributed by atoms with E-state index in [4.69, 9.17) is 5.26 Å². The average molecular weight is 285 g/mol. The number of carbonyl (C=O) groups excluding carboxylic acids is 1. The number of alkyl halides is 3. The van der Waals surface area contributed by atoms with E-state index in [1.165, 1.54) is 31.1 Å². The largest absolute Gasteiger partial charge is 0.418 e. The Morgan fingerprint density at radius 3 is 2.60 bits per heavy atom. The van der Waals surface area contributed by atoms with Gasteiger partial charge >= 0.3 is 6.18 Å². The van der Waals surface area contributed by atoms with E-state index in [0.717, 1.165) is 6.07 Å². The zero-order chi connectivity index (χ0) is 15.3. The Balaban J connectivity index is 3.19. The predicted molar refractivity (Wildman–Crippen MR) is 68.2 cm³/mol. The van der Waals surface area contributed by atoms with Gasteiger partial charge in [-0.05, 0) is 12.1 Å². The SMILES string of the molecule is CNc1c(C(=O)N(C)CCC#N)cccc1C(F)(F)F. The van der Waals surface area contributed by atoms with Crippen LogP contribution in [0.5, 0.6) is 0 Å². The van der Waals surface area contributed by atoms with Gasteiger partial charge in [-0.3, -0.25) is 4.79 Å². The first-order valence-electron chi connectivity index (χ1n) is 5.83. The molecule has 0 saturated carbocycles. The third kappa shape index (κ3) is 3.41. The summed E-state index contributed by atoms with van der Waals surface area (Å²) in [7, 11) is 2.77. The standard InChI is InChI=1S/C13H14F3N3O/c1-18-11-9(12(20)19(2)8-4-7-17)5-3-6-10(11)13(14,15)16/h3,5-6,18H,4,8H2,1-2H3. The topological polar surface area (TPSA) is 56.1 Å². The van der Waals surface area contributed by atoms with Gasteiger partial charge in [-0.25, -0.2) is 0 Å². The van der Waals surface area contributed by atoms with Crippen LogP contribution in [-0.4, -0.2) is 31.4 Å². The summed E-state index contributed by atoms with van der Waals surface area (Å²) in [4.78, 5) is 13.3. The van der Waals surface area contributed by atoms with Gasteiger partial charge in [0, 0.05) is 20.6 Å². The molecule has 0 radical (unpaired) electrons. The number of para-hydroxylation sites is 1. The van der Waals surface area contributed by atoms with Crippen LogP contribution in [0.4, 0.5) is 18.9 Å². The minimum Gasteiger partial charge on any atom is -0.387 e. The Morgan fingerprint density at radius 1 is 1.45 bits per heavy atom. The number of nitrogens with one attached hydrogen (secondary N) is 1. The Labute approximate surface area is 114 Å². The summed E-state index contributed by atoms with van der Waals surface area (Å²) < 4.78 is 38.6. The van der Waals surface area contributed by atoms with Gasteiger partial charge in [0.25, 0.3) is 5.91 Å². The lowest BCUT2D eigenvalue weighted by Gasteiger charge is -2.20. The minimum atomic E-state index is -4.54. The second-order valence-corrected chi connectivity index (χ2v) is 4.11. The van der Waals surface area contributed by atoms with E-state index in [1.807, 2.05) is 6.07 Å². The number of benzene rings is 1. The highest BCUT2D eigenvalue weighted by atomic mass is 19.4. The quantitative estimate of drug-likeness (QED) is 0.925. The number of hydrogen-bond donors (Lipinski definition) is 1. The maximum atomic E-state index is 12.9. The van der Waals surface area contributed by atoms with Crippen LogP contribution in [0.15, 0.2) is 18.2 Å². The highest BCUT2D eigenvalue weighted by Crippen LogP contribution is 2.36. The van der Waals surface area contributed by atoms with Crippen LogP contribution in [-0.2, 0) is 6.18 Å². The molecule has 20 heavy (non-hydrogen) atoms. The average Bonchev–Trinajstić information content (AvgIpc) is 2.41. The van der Waals surface area contributed by atoms with Crippen molar-refractivity contribution in [3.05, 3.63) is 29.3 Å². The van der Waals surface area contributed by atoms with Crippen LogP contribution >= 0.6 is 0 Å². The van der Waals surface area contributed by atoms with Crippen LogP contribution in [0.1, 0.15) is 22.3 Å². The fourth-order valence-corrected chi connectivity index (χ4v) is 1.76. The normalized spacial score (nSPS) is 10.8. The molecular formula is C13H14F3N3O. The smallest absolute Gasteiger partial charge is 0.387 e. The molecule has 0 aliphatic carbocycles. The number of hydrogen-bond acceptors (Lipinski definition) is 3. The molecule has 1 rings (SSSR count). The van der Waals surface area contributed by atoms with Gasteiger partial charge in [0.1, 0.15) is 0 Å². The summed E-state index contributed by atoms with van der Waals surface area (Å²) in [6, 6.07) is 5.31. The Bertz CT molecular complexity index is 535. The molecule has 1 amide bonds. The van der Waals surface area contributed by atoms with Crippen LogP contribution in [0.25, 0.3) is 0 Å². The summed E-state index contributed by atoms with van der Waals surface area (Å²) in [6.45, 7) is 0.161. The molecule has 0 spiro atoms. The molecule has 0 unspecified atom stereocenters. The number of nitriles is 1. The van der Waals surface area contributed by atoms with E-state index in [1.54, 1.807) is 0 Å².